The zero-order valence-electron chi connectivity index (χ0n) is 15.0. The van der Waals surface area contributed by atoms with Crippen molar-refractivity contribution < 1.29 is 19.4 Å². The molecule has 5 nitrogen and oxygen atoms in total. The second-order valence-electron chi connectivity index (χ2n) is 7.03. The summed E-state index contributed by atoms with van der Waals surface area (Å²) in [6.07, 6.45) is -0.623. The lowest BCUT2D eigenvalue weighted by Crippen LogP contribution is -2.46. The Morgan fingerprint density at radius 3 is 1.96 bits per heavy atom. The zero-order chi connectivity index (χ0) is 17.9. The van der Waals surface area contributed by atoms with Gasteiger partial charge in [0, 0.05) is 6.04 Å². The van der Waals surface area contributed by atoms with Crippen molar-refractivity contribution in [1.82, 2.24) is 4.90 Å². The van der Waals surface area contributed by atoms with E-state index in [0.717, 1.165) is 11.1 Å². The highest BCUT2D eigenvalue weighted by atomic mass is 16.6. The summed E-state index contributed by atoms with van der Waals surface area (Å²) in [6.45, 7) is 12.6. The molecule has 1 amide bonds. The lowest BCUT2D eigenvalue weighted by Gasteiger charge is -2.35. The number of carboxylic acid groups (broad SMARTS) is 1. The summed E-state index contributed by atoms with van der Waals surface area (Å²) in [5.74, 6) is -1.07. The van der Waals surface area contributed by atoms with Gasteiger partial charge in [-0.2, -0.15) is 0 Å². The average Bonchev–Trinajstić information content (AvgIpc) is 2.34. The molecule has 1 rings (SSSR count). The molecule has 0 saturated carbocycles. The number of hydrogen-bond acceptors (Lipinski definition) is 3. The summed E-state index contributed by atoms with van der Waals surface area (Å²) in [7, 11) is 0. The fourth-order valence-corrected chi connectivity index (χ4v) is 2.57. The molecule has 1 N–H and O–H groups in total. The minimum atomic E-state index is -1.08. The van der Waals surface area contributed by atoms with Crippen molar-refractivity contribution in [3.63, 3.8) is 0 Å². The first-order chi connectivity index (χ1) is 10.5. The van der Waals surface area contributed by atoms with Crippen molar-refractivity contribution in [2.45, 2.75) is 66.2 Å². The first kappa shape index (κ1) is 19.0. The third kappa shape index (κ3) is 4.71. The first-order valence-corrected chi connectivity index (χ1v) is 7.76. The Balaban J connectivity index is 3.40. The summed E-state index contributed by atoms with van der Waals surface area (Å²) in [5, 5.41) is 9.79. The second kappa shape index (κ2) is 7.02. The predicted molar refractivity (Wildman–Crippen MR) is 89.5 cm³/mol. The first-order valence-electron chi connectivity index (χ1n) is 7.76. The van der Waals surface area contributed by atoms with E-state index >= 15 is 0 Å². The molecule has 0 fully saturated rings. The number of amides is 1. The van der Waals surface area contributed by atoms with Gasteiger partial charge in [-0.3, -0.25) is 4.90 Å². The molecule has 1 unspecified atom stereocenters. The molecule has 128 valence electrons. The Kier molecular flexibility index (Phi) is 5.81. The van der Waals surface area contributed by atoms with Gasteiger partial charge in [0.1, 0.15) is 5.60 Å². The monoisotopic (exact) mass is 321 g/mol. The number of ether oxygens (including phenoxy) is 1. The van der Waals surface area contributed by atoms with Crippen molar-refractivity contribution in [2.24, 2.45) is 0 Å². The number of benzene rings is 1. The largest absolute Gasteiger partial charge is 0.479 e. The summed E-state index contributed by atoms with van der Waals surface area (Å²) < 4.78 is 5.42. The average molecular weight is 321 g/mol. The van der Waals surface area contributed by atoms with Crippen LogP contribution in [0.1, 0.15) is 57.4 Å². The summed E-state index contributed by atoms with van der Waals surface area (Å²) in [6, 6.07) is 4.19. The maximum atomic E-state index is 12.6. The van der Waals surface area contributed by atoms with Crippen LogP contribution < -0.4 is 0 Å². The molecule has 0 aliphatic heterocycles. The number of carbonyl (C=O) groups is 2. The normalized spacial score (nSPS) is 12.9. The molecule has 1 aromatic carbocycles. The number of carboxylic acids is 1. The molecule has 0 heterocycles. The van der Waals surface area contributed by atoms with E-state index in [1.54, 1.807) is 34.6 Å². The summed E-state index contributed by atoms with van der Waals surface area (Å²) >= 11 is 0. The fourth-order valence-electron chi connectivity index (χ4n) is 2.57. The maximum absolute atomic E-state index is 12.6. The fraction of sp³-hybridized carbons (Fsp3) is 0.556. The smallest absolute Gasteiger partial charge is 0.411 e. The molecule has 0 spiro atoms. The SMILES string of the molecule is Cc1cccc(C)c1C(C(=O)O)N(C(=O)OC(C)(C)C)C(C)C. The van der Waals surface area contributed by atoms with Crippen LogP contribution in [-0.2, 0) is 9.53 Å². The number of rotatable bonds is 4. The molecular formula is C18H27NO4. The van der Waals surface area contributed by atoms with E-state index in [4.69, 9.17) is 4.74 Å². The highest BCUT2D eigenvalue weighted by Gasteiger charge is 2.37. The van der Waals surface area contributed by atoms with Gasteiger partial charge in [-0.05, 0) is 65.2 Å². The Labute approximate surface area is 138 Å². The van der Waals surface area contributed by atoms with Crippen molar-refractivity contribution in [1.29, 1.82) is 0 Å². The lowest BCUT2D eigenvalue weighted by atomic mass is 9.94. The molecule has 1 atom stereocenters. The molecule has 5 heteroatoms. The van der Waals surface area contributed by atoms with Gasteiger partial charge >= 0.3 is 12.1 Å². The van der Waals surface area contributed by atoms with Gasteiger partial charge in [0.2, 0.25) is 0 Å². The standard InChI is InChI=1S/C18H27NO4/c1-11(2)19(17(22)23-18(5,6)7)15(16(20)21)14-12(3)9-8-10-13(14)4/h8-11,15H,1-7H3,(H,20,21). The highest BCUT2D eigenvalue weighted by Crippen LogP contribution is 2.30. The molecule has 0 aliphatic carbocycles. The number of aryl methyl sites for hydroxylation is 2. The van der Waals surface area contributed by atoms with E-state index in [2.05, 4.69) is 0 Å². The molecule has 0 aromatic heterocycles. The summed E-state index contributed by atoms with van der Waals surface area (Å²) in [4.78, 5) is 25.8. The van der Waals surface area contributed by atoms with Crippen molar-refractivity contribution in [2.75, 3.05) is 0 Å². The van der Waals surface area contributed by atoms with Gasteiger partial charge < -0.3 is 9.84 Å². The van der Waals surface area contributed by atoms with Crippen LogP contribution in [0.2, 0.25) is 0 Å². The van der Waals surface area contributed by atoms with Crippen LogP contribution >= 0.6 is 0 Å². The van der Waals surface area contributed by atoms with Crippen molar-refractivity contribution >= 4 is 12.1 Å². The Morgan fingerprint density at radius 2 is 1.61 bits per heavy atom. The van der Waals surface area contributed by atoms with E-state index in [9.17, 15) is 14.7 Å². The van der Waals surface area contributed by atoms with E-state index < -0.39 is 23.7 Å². The van der Waals surface area contributed by atoms with Crippen LogP contribution in [-0.4, -0.2) is 33.7 Å². The number of hydrogen-bond donors (Lipinski definition) is 1. The quantitative estimate of drug-likeness (QED) is 0.907. The van der Waals surface area contributed by atoms with Gasteiger partial charge in [-0.25, -0.2) is 9.59 Å². The molecule has 0 saturated heterocycles. The minimum absolute atomic E-state index is 0.315. The Hall–Kier alpha value is -2.04. The predicted octanol–water partition coefficient (Wildman–Crippen LogP) is 4.07. The van der Waals surface area contributed by atoms with Crippen LogP contribution in [0, 0.1) is 13.8 Å². The van der Waals surface area contributed by atoms with E-state index in [-0.39, 0.29) is 6.04 Å². The highest BCUT2D eigenvalue weighted by molar-refractivity contribution is 5.82. The molecule has 23 heavy (non-hydrogen) atoms. The number of carbonyl (C=O) groups excluding carboxylic acids is 1. The third-order valence-electron chi connectivity index (χ3n) is 3.49. The Morgan fingerprint density at radius 1 is 1.13 bits per heavy atom. The van der Waals surface area contributed by atoms with Crippen LogP contribution in [0.15, 0.2) is 18.2 Å². The molecular weight excluding hydrogens is 294 g/mol. The van der Waals surface area contributed by atoms with Crippen LogP contribution in [0.4, 0.5) is 4.79 Å². The molecule has 0 aliphatic rings. The van der Waals surface area contributed by atoms with Crippen LogP contribution in [0.5, 0.6) is 0 Å². The number of aliphatic carboxylic acids is 1. The van der Waals surface area contributed by atoms with E-state index in [0.29, 0.717) is 5.56 Å². The van der Waals surface area contributed by atoms with Crippen molar-refractivity contribution in [3.05, 3.63) is 34.9 Å². The van der Waals surface area contributed by atoms with Gasteiger partial charge in [0.05, 0.1) is 0 Å². The molecule has 0 bridgehead atoms. The summed E-state index contributed by atoms with van der Waals surface area (Å²) in [5.41, 5.74) is 1.63. The van der Waals surface area contributed by atoms with E-state index in [1.165, 1.54) is 4.90 Å². The Bertz CT molecular complexity index is 567. The topological polar surface area (TPSA) is 66.8 Å². The minimum Gasteiger partial charge on any atom is -0.479 e. The van der Waals surface area contributed by atoms with Gasteiger partial charge in [-0.15, -0.1) is 0 Å². The molecule has 0 radical (unpaired) electrons. The van der Waals surface area contributed by atoms with Gasteiger partial charge in [-0.1, -0.05) is 18.2 Å². The van der Waals surface area contributed by atoms with Gasteiger partial charge in [0.15, 0.2) is 6.04 Å². The van der Waals surface area contributed by atoms with Crippen LogP contribution in [0.3, 0.4) is 0 Å². The maximum Gasteiger partial charge on any atom is 0.411 e. The van der Waals surface area contributed by atoms with E-state index in [1.807, 2.05) is 32.0 Å². The van der Waals surface area contributed by atoms with Crippen molar-refractivity contribution in [3.8, 4) is 0 Å². The van der Waals surface area contributed by atoms with Gasteiger partial charge in [0.25, 0.3) is 0 Å². The molecule has 1 aromatic rings. The second-order valence-corrected chi connectivity index (χ2v) is 7.03. The third-order valence-corrected chi connectivity index (χ3v) is 3.49. The zero-order valence-corrected chi connectivity index (χ0v) is 15.0. The number of nitrogens with zero attached hydrogens (tertiary/aromatic N) is 1. The van der Waals surface area contributed by atoms with Crippen LogP contribution in [0.25, 0.3) is 0 Å². The lowest BCUT2D eigenvalue weighted by molar-refractivity contribution is -0.144.